The normalized spacial score (nSPS) is 19.9. The SMILES string of the molecule is COc1ccc(C=NNC(=O)[C@H]2C[C@@H]2c2ccccc2)cc1. The molecule has 0 unspecified atom stereocenters. The van der Waals surface area contributed by atoms with Crippen molar-refractivity contribution in [1.29, 1.82) is 0 Å². The second-order valence-corrected chi connectivity index (χ2v) is 5.37. The summed E-state index contributed by atoms with van der Waals surface area (Å²) in [6.45, 7) is 0. The fraction of sp³-hybridized carbons (Fsp3) is 0.222. The number of hydrazone groups is 1. The Balaban J connectivity index is 1.51. The minimum atomic E-state index is -0.0152. The van der Waals surface area contributed by atoms with Gasteiger partial charge in [-0.25, -0.2) is 5.43 Å². The van der Waals surface area contributed by atoms with E-state index in [1.807, 2.05) is 42.5 Å². The molecule has 2 aromatic carbocycles. The van der Waals surface area contributed by atoms with Gasteiger partial charge >= 0.3 is 0 Å². The second-order valence-electron chi connectivity index (χ2n) is 5.37. The van der Waals surface area contributed by atoms with Crippen molar-refractivity contribution in [3.63, 3.8) is 0 Å². The first-order valence-electron chi connectivity index (χ1n) is 7.30. The van der Waals surface area contributed by atoms with Gasteiger partial charge in [-0.1, -0.05) is 30.3 Å². The summed E-state index contributed by atoms with van der Waals surface area (Å²) in [7, 11) is 1.63. The average molecular weight is 294 g/mol. The molecule has 1 fully saturated rings. The van der Waals surface area contributed by atoms with Crippen LogP contribution in [0.1, 0.15) is 23.5 Å². The maximum Gasteiger partial charge on any atom is 0.243 e. The van der Waals surface area contributed by atoms with Crippen LogP contribution >= 0.6 is 0 Å². The van der Waals surface area contributed by atoms with Gasteiger partial charge in [0.2, 0.25) is 5.91 Å². The largest absolute Gasteiger partial charge is 0.497 e. The molecule has 1 saturated carbocycles. The van der Waals surface area contributed by atoms with E-state index < -0.39 is 0 Å². The first-order chi connectivity index (χ1) is 10.8. The highest BCUT2D eigenvalue weighted by Gasteiger charge is 2.43. The monoisotopic (exact) mass is 294 g/mol. The number of carbonyl (C=O) groups excluding carboxylic acids is 1. The lowest BCUT2D eigenvalue weighted by atomic mass is 10.1. The van der Waals surface area contributed by atoms with Crippen LogP contribution in [0.15, 0.2) is 59.7 Å². The van der Waals surface area contributed by atoms with E-state index in [0.717, 1.165) is 17.7 Å². The molecular formula is C18H18N2O2. The number of rotatable bonds is 5. The standard InChI is InChI=1S/C18H18N2O2/c1-22-15-9-7-13(8-10-15)12-19-20-18(21)17-11-16(17)14-5-3-2-4-6-14/h2-10,12,16-17H,11H2,1H3,(H,20,21)/t16-,17+/m1/s1. The molecule has 2 atom stereocenters. The zero-order valence-corrected chi connectivity index (χ0v) is 12.4. The Labute approximate surface area is 129 Å². The van der Waals surface area contributed by atoms with Crippen LogP contribution in [0.5, 0.6) is 5.75 Å². The third-order valence-electron chi connectivity index (χ3n) is 3.86. The number of hydrogen-bond donors (Lipinski definition) is 1. The second kappa shape index (κ2) is 6.43. The summed E-state index contributed by atoms with van der Waals surface area (Å²) in [5, 5.41) is 4.02. The highest BCUT2D eigenvalue weighted by molar-refractivity contribution is 5.85. The molecule has 0 heterocycles. The van der Waals surface area contributed by atoms with Gasteiger partial charge in [-0.05, 0) is 47.7 Å². The van der Waals surface area contributed by atoms with Crippen molar-refractivity contribution in [2.75, 3.05) is 7.11 Å². The smallest absolute Gasteiger partial charge is 0.243 e. The van der Waals surface area contributed by atoms with E-state index in [-0.39, 0.29) is 11.8 Å². The molecule has 0 saturated heterocycles. The predicted molar refractivity (Wildman–Crippen MR) is 86.0 cm³/mol. The van der Waals surface area contributed by atoms with Gasteiger partial charge in [-0.2, -0.15) is 5.10 Å². The lowest BCUT2D eigenvalue weighted by Gasteiger charge is -2.01. The van der Waals surface area contributed by atoms with Crippen LogP contribution in [0.4, 0.5) is 0 Å². The van der Waals surface area contributed by atoms with Crippen LogP contribution in [-0.4, -0.2) is 19.2 Å². The lowest BCUT2D eigenvalue weighted by molar-refractivity contribution is -0.122. The molecule has 112 valence electrons. The molecule has 0 aromatic heterocycles. The number of amides is 1. The quantitative estimate of drug-likeness (QED) is 0.681. The van der Waals surface area contributed by atoms with Crippen LogP contribution < -0.4 is 10.2 Å². The summed E-state index contributed by atoms with van der Waals surface area (Å²) in [5.74, 6) is 1.15. The van der Waals surface area contributed by atoms with Crippen molar-refractivity contribution in [3.8, 4) is 5.75 Å². The molecule has 4 nitrogen and oxygen atoms in total. The number of nitrogens with one attached hydrogen (secondary N) is 1. The fourth-order valence-electron chi connectivity index (χ4n) is 2.50. The minimum absolute atomic E-state index is 0.0152. The Morgan fingerprint density at radius 1 is 1.18 bits per heavy atom. The third-order valence-corrected chi connectivity index (χ3v) is 3.86. The maximum absolute atomic E-state index is 12.0. The van der Waals surface area contributed by atoms with E-state index in [0.29, 0.717) is 5.92 Å². The molecule has 3 rings (SSSR count). The Morgan fingerprint density at radius 3 is 2.59 bits per heavy atom. The summed E-state index contributed by atoms with van der Waals surface area (Å²) in [6.07, 6.45) is 2.53. The molecule has 2 aromatic rings. The molecule has 0 radical (unpaired) electrons. The van der Waals surface area contributed by atoms with E-state index in [9.17, 15) is 4.79 Å². The Bertz CT molecular complexity index is 665. The first-order valence-corrected chi connectivity index (χ1v) is 7.30. The van der Waals surface area contributed by atoms with Crippen LogP contribution in [0.3, 0.4) is 0 Å². The maximum atomic E-state index is 12.0. The topological polar surface area (TPSA) is 50.7 Å². The number of benzene rings is 2. The Morgan fingerprint density at radius 2 is 1.91 bits per heavy atom. The van der Waals surface area contributed by atoms with Crippen molar-refractivity contribution < 1.29 is 9.53 Å². The molecule has 1 aliphatic carbocycles. The highest BCUT2D eigenvalue weighted by atomic mass is 16.5. The van der Waals surface area contributed by atoms with Gasteiger partial charge in [0.05, 0.1) is 13.3 Å². The van der Waals surface area contributed by atoms with Gasteiger partial charge in [0.15, 0.2) is 0 Å². The molecule has 0 bridgehead atoms. The van der Waals surface area contributed by atoms with Crippen LogP contribution in [0, 0.1) is 5.92 Å². The molecule has 0 spiro atoms. The molecule has 4 heteroatoms. The van der Waals surface area contributed by atoms with E-state index in [1.54, 1.807) is 13.3 Å². The molecule has 22 heavy (non-hydrogen) atoms. The Hall–Kier alpha value is -2.62. The lowest BCUT2D eigenvalue weighted by Crippen LogP contribution is -2.20. The highest BCUT2D eigenvalue weighted by Crippen LogP contribution is 2.47. The van der Waals surface area contributed by atoms with Gasteiger partial charge in [0.1, 0.15) is 5.75 Å². The van der Waals surface area contributed by atoms with E-state index >= 15 is 0 Å². The molecule has 1 aliphatic rings. The van der Waals surface area contributed by atoms with Crippen molar-refractivity contribution in [2.45, 2.75) is 12.3 Å². The number of methoxy groups -OCH3 is 1. The number of carbonyl (C=O) groups is 1. The van der Waals surface area contributed by atoms with E-state index in [2.05, 4.69) is 22.7 Å². The average Bonchev–Trinajstić information content (AvgIpc) is 3.37. The van der Waals surface area contributed by atoms with Crippen LogP contribution in [0.2, 0.25) is 0 Å². The van der Waals surface area contributed by atoms with Crippen molar-refractivity contribution >= 4 is 12.1 Å². The van der Waals surface area contributed by atoms with E-state index in [4.69, 9.17) is 4.74 Å². The first kappa shape index (κ1) is 14.3. The van der Waals surface area contributed by atoms with Crippen molar-refractivity contribution in [1.82, 2.24) is 5.43 Å². The molecule has 1 N–H and O–H groups in total. The summed E-state index contributed by atoms with van der Waals surface area (Å²) >= 11 is 0. The third kappa shape index (κ3) is 3.34. The molecule has 0 aliphatic heterocycles. The van der Waals surface area contributed by atoms with Gasteiger partial charge in [-0.3, -0.25) is 4.79 Å². The molecule has 1 amide bonds. The zero-order valence-electron chi connectivity index (χ0n) is 12.4. The predicted octanol–water partition coefficient (Wildman–Crippen LogP) is 2.95. The summed E-state index contributed by atoms with van der Waals surface area (Å²) in [6, 6.07) is 17.6. The van der Waals surface area contributed by atoms with Crippen LogP contribution in [0.25, 0.3) is 0 Å². The molecular weight excluding hydrogens is 276 g/mol. The number of ether oxygens (including phenoxy) is 1. The summed E-state index contributed by atoms with van der Waals surface area (Å²) in [4.78, 5) is 12.0. The number of hydrogen-bond acceptors (Lipinski definition) is 3. The van der Waals surface area contributed by atoms with Crippen LogP contribution in [-0.2, 0) is 4.79 Å². The fourth-order valence-corrected chi connectivity index (χ4v) is 2.50. The van der Waals surface area contributed by atoms with Gasteiger partial charge in [0, 0.05) is 5.92 Å². The summed E-state index contributed by atoms with van der Waals surface area (Å²) in [5.41, 5.74) is 4.76. The van der Waals surface area contributed by atoms with Crippen molar-refractivity contribution in [3.05, 3.63) is 65.7 Å². The van der Waals surface area contributed by atoms with Crippen molar-refractivity contribution in [2.24, 2.45) is 11.0 Å². The van der Waals surface area contributed by atoms with Gasteiger partial charge < -0.3 is 4.74 Å². The Kier molecular flexibility index (Phi) is 4.19. The number of nitrogens with zero attached hydrogens (tertiary/aromatic N) is 1. The van der Waals surface area contributed by atoms with Gasteiger partial charge in [0.25, 0.3) is 0 Å². The summed E-state index contributed by atoms with van der Waals surface area (Å²) < 4.78 is 5.09. The van der Waals surface area contributed by atoms with Gasteiger partial charge in [-0.15, -0.1) is 0 Å². The minimum Gasteiger partial charge on any atom is -0.497 e. The zero-order chi connectivity index (χ0) is 15.4. The van der Waals surface area contributed by atoms with E-state index in [1.165, 1.54) is 5.56 Å².